The van der Waals surface area contributed by atoms with Crippen molar-refractivity contribution in [2.75, 3.05) is 13.3 Å². The van der Waals surface area contributed by atoms with Gasteiger partial charge in [0, 0.05) is 18.8 Å². The van der Waals surface area contributed by atoms with Gasteiger partial charge >= 0.3 is 5.69 Å². The average Bonchev–Trinajstić information content (AvgIpc) is 2.37. The largest absolute Gasteiger partial charge is 0.500 e. The minimum Gasteiger partial charge on any atom is -0.500 e. The van der Waals surface area contributed by atoms with E-state index in [1.54, 1.807) is 0 Å². The van der Waals surface area contributed by atoms with E-state index in [4.69, 9.17) is 10.5 Å². The molecule has 8 nitrogen and oxygen atoms in total. The van der Waals surface area contributed by atoms with Gasteiger partial charge in [-0.15, -0.1) is 0 Å². The van der Waals surface area contributed by atoms with Gasteiger partial charge in [-0.3, -0.25) is 14.7 Å². The number of phenolic OH excluding ortho intramolecular Hbond substituents is 1. The number of ether oxygens (including phenoxy) is 1. The smallest absolute Gasteiger partial charge is 0.314 e. The summed E-state index contributed by atoms with van der Waals surface area (Å²) < 4.78 is 16.7. The second-order valence-electron chi connectivity index (χ2n) is 4.18. The first-order valence-electron chi connectivity index (χ1n) is 5.69. The molecule has 1 aromatic carbocycles. The lowest BCUT2D eigenvalue weighted by Crippen LogP contribution is -2.00. The van der Waals surface area contributed by atoms with Gasteiger partial charge < -0.3 is 20.5 Å². The number of hydrogen-bond acceptors (Lipinski definition) is 6. The van der Waals surface area contributed by atoms with Gasteiger partial charge in [0.1, 0.15) is 0 Å². The first kappa shape index (κ1) is 16.4. The van der Waals surface area contributed by atoms with Crippen LogP contribution in [-0.2, 0) is 10.7 Å². The summed E-state index contributed by atoms with van der Waals surface area (Å²) in [7, 11) is -2.26. The number of aromatic hydroxyl groups is 1. The molecule has 0 aromatic heterocycles. The van der Waals surface area contributed by atoms with E-state index < -0.39 is 23.7 Å². The molecule has 111 valence electrons. The van der Waals surface area contributed by atoms with E-state index in [0.717, 1.165) is 6.07 Å². The van der Waals surface area contributed by atoms with Gasteiger partial charge in [0.15, 0.2) is 5.75 Å². The van der Waals surface area contributed by atoms with Gasteiger partial charge in [-0.05, 0) is 18.1 Å². The normalized spacial score (nSPS) is 13.8. The lowest BCUT2D eigenvalue weighted by molar-refractivity contribution is -0.386. The Balaban J connectivity index is 3.10. The Bertz CT molecular complexity index is 548. The Hall–Kier alpha value is -1.63. The van der Waals surface area contributed by atoms with Crippen LogP contribution in [0.25, 0.3) is 0 Å². The molecular formula is C11H16N2O6P. The van der Waals surface area contributed by atoms with E-state index in [0.29, 0.717) is 0 Å². The predicted octanol–water partition coefficient (Wildman–Crippen LogP) is 1.59. The van der Waals surface area contributed by atoms with Crippen LogP contribution in [0.2, 0.25) is 0 Å². The fourth-order valence-corrected chi connectivity index (χ4v) is 3.14. The highest BCUT2D eigenvalue weighted by atomic mass is 31.2. The molecule has 1 aromatic rings. The Morgan fingerprint density at radius 2 is 2.20 bits per heavy atom. The SMILES string of the molecule is COc1cc(CP(=O)(O)CC[CH]N)cc([N+](=O)[O-])c1O. The number of nitrogens with two attached hydrogens (primary N) is 1. The highest BCUT2D eigenvalue weighted by molar-refractivity contribution is 7.57. The Labute approximate surface area is 115 Å². The fraction of sp³-hybridized carbons (Fsp3) is 0.364. The minimum absolute atomic E-state index is 0.0134. The van der Waals surface area contributed by atoms with Crippen molar-refractivity contribution in [3.63, 3.8) is 0 Å². The van der Waals surface area contributed by atoms with Crippen LogP contribution in [0.15, 0.2) is 12.1 Å². The van der Waals surface area contributed by atoms with Crippen LogP contribution in [0.5, 0.6) is 11.5 Å². The van der Waals surface area contributed by atoms with Gasteiger partial charge in [-0.2, -0.15) is 0 Å². The number of benzene rings is 1. The Kier molecular flexibility index (Phi) is 5.50. The fourth-order valence-electron chi connectivity index (χ4n) is 1.68. The van der Waals surface area contributed by atoms with E-state index >= 15 is 0 Å². The molecule has 0 amide bonds. The monoisotopic (exact) mass is 303 g/mol. The van der Waals surface area contributed by atoms with Gasteiger partial charge in [0.05, 0.1) is 18.2 Å². The highest BCUT2D eigenvalue weighted by Crippen LogP contribution is 2.47. The maximum atomic E-state index is 11.9. The number of methoxy groups -OCH3 is 1. The summed E-state index contributed by atoms with van der Waals surface area (Å²) in [5.41, 5.74) is 4.84. The van der Waals surface area contributed by atoms with Crippen molar-refractivity contribution in [3.05, 3.63) is 34.4 Å². The summed E-state index contributed by atoms with van der Waals surface area (Å²) in [6, 6.07) is 2.37. The summed E-state index contributed by atoms with van der Waals surface area (Å²) >= 11 is 0. The summed E-state index contributed by atoms with van der Waals surface area (Å²) in [6.45, 7) is 1.28. The van der Waals surface area contributed by atoms with Crippen molar-refractivity contribution in [3.8, 4) is 11.5 Å². The average molecular weight is 303 g/mol. The molecule has 0 aliphatic carbocycles. The minimum atomic E-state index is -3.50. The molecule has 1 rings (SSSR count). The van der Waals surface area contributed by atoms with E-state index in [2.05, 4.69) is 0 Å². The number of nitrogens with zero attached hydrogens (tertiary/aromatic N) is 1. The molecule has 0 fully saturated rings. The zero-order valence-corrected chi connectivity index (χ0v) is 11.7. The quantitative estimate of drug-likeness (QED) is 0.395. The van der Waals surface area contributed by atoms with Crippen LogP contribution in [0.3, 0.4) is 0 Å². The molecule has 0 saturated carbocycles. The van der Waals surface area contributed by atoms with Crippen LogP contribution in [-0.4, -0.2) is 28.2 Å². The topological polar surface area (TPSA) is 136 Å². The van der Waals surface area contributed by atoms with Crippen molar-refractivity contribution >= 4 is 13.1 Å². The number of phenols is 1. The molecule has 20 heavy (non-hydrogen) atoms. The molecule has 1 atom stereocenters. The summed E-state index contributed by atoms with van der Waals surface area (Å²) in [6.07, 6.45) is 0.00387. The number of rotatable bonds is 7. The van der Waals surface area contributed by atoms with E-state index in [1.807, 2.05) is 0 Å². The summed E-state index contributed by atoms with van der Waals surface area (Å²) in [5.74, 6) is -0.719. The summed E-state index contributed by atoms with van der Waals surface area (Å²) in [4.78, 5) is 19.8. The second kappa shape index (κ2) is 6.69. The lowest BCUT2D eigenvalue weighted by atomic mass is 10.2. The first-order chi connectivity index (χ1) is 9.30. The van der Waals surface area contributed by atoms with E-state index in [-0.39, 0.29) is 30.1 Å². The zero-order chi connectivity index (χ0) is 15.3. The van der Waals surface area contributed by atoms with Gasteiger partial charge in [0.25, 0.3) is 0 Å². The van der Waals surface area contributed by atoms with Crippen LogP contribution in [0.1, 0.15) is 12.0 Å². The second-order valence-corrected chi connectivity index (χ2v) is 6.63. The predicted molar refractivity (Wildman–Crippen MR) is 72.8 cm³/mol. The molecule has 4 N–H and O–H groups in total. The van der Waals surface area contributed by atoms with Crippen LogP contribution in [0.4, 0.5) is 5.69 Å². The summed E-state index contributed by atoms with van der Waals surface area (Å²) in [5, 5.41) is 20.4. The first-order valence-corrected chi connectivity index (χ1v) is 7.72. The van der Waals surface area contributed by atoms with E-state index in [1.165, 1.54) is 19.7 Å². The van der Waals surface area contributed by atoms with Gasteiger partial charge in [-0.1, -0.05) is 0 Å². The van der Waals surface area contributed by atoms with Crippen molar-refractivity contribution < 1.29 is 24.2 Å². The lowest BCUT2D eigenvalue weighted by Gasteiger charge is -2.12. The standard InChI is InChI=1S/C11H16N2O6P/c1-19-10-6-8(5-9(11(10)14)13(15)16)7-20(17,18)4-2-3-12/h3,5-6,14H,2,4,7,12H2,1H3,(H,17,18). The maximum Gasteiger partial charge on any atom is 0.314 e. The van der Waals surface area contributed by atoms with Crippen molar-refractivity contribution in [2.45, 2.75) is 12.6 Å². The molecule has 1 radical (unpaired) electrons. The number of nitro groups is 1. The zero-order valence-electron chi connectivity index (χ0n) is 10.9. The van der Waals surface area contributed by atoms with Gasteiger partial charge in [-0.25, -0.2) is 0 Å². The Morgan fingerprint density at radius 3 is 2.70 bits per heavy atom. The van der Waals surface area contributed by atoms with Crippen LogP contribution < -0.4 is 10.5 Å². The van der Waals surface area contributed by atoms with Crippen molar-refractivity contribution in [2.24, 2.45) is 5.73 Å². The Morgan fingerprint density at radius 1 is 1.55 bits per heavy atom. The molecule has 0 aliphatic rings. The van der Waals surface area contributed by atoms with Crippen LogP contribution in [0, 0.1) is 16.7 Å². The molecule has 0 saturated heterocycles. The number of hydrogen-bond donors (Lipinski definition) is 3. The molecule has 0 heterocycles. The maximum absolute atomic E-state index is 11.9. The van der Waals surface area contributed by atoms with Crippen LogP contribution >= 0.6 is 7.37 Å². The molecule has 0 aliphatic heterocycles. The van der Waals surface area contributed by atoms with Gasteiger partial charge in [0.2, 0.25) is 13.1 Å². The van der Waals surface area contributed by atoms with E-state index in [9.17, 15) is 24.7 Å². The number of nitro benzene ring substituents is 1. The molecule has 9 heteroatoms. The molecule has 0 spiro atoms. The third kappa shape index (κ3) is 4.19. The van der Waals surface area contributed by atoms with Crippen molar-refractivity contribution in [1.82, 2.24) is 0 Å². The third-order valence-electron chi connectivity index (χ3n) is 2.61. The van der Waals surface area contributed by atoms with Crippen molar-refractivity contribution in [1.29, 1.82) is 0 Å². The molecule has 1 unspecified atom stereocenters. The molecular weight excluding hydrogens is 287 g/mol. The third-order valence-corrected chi connectivity index (χ3v) is 4.42. The highest BCUT2D eigenvalue weighted by Gasteiger charge is 2.24. The molecule has 0 bridgehead atoms.